The van der Waals surface area contributed by atoms with Crippen molar-refractivity contribution in [2.45, 2.75) is 19.4 Å². The summed E-state index contributed by atoms with van der Waals surface area (Å²) in [5, 5.41) is 10.4. The highest BCUT2D eigenvalue weighted by atomic mass is 35.5. The quantitative estimate of drug-likeness (QED) is 0.638. The lowest BCUT2D eigenvalue weighted by Gasteiger charge is -2.12. The zero-order valence-corrected chi connectivity index (χ0v) is 17.0. The first kappa shape index (κ1) is 19.9. The zero-order chi connectivity index (χ0) is 21.4. The number of anilines is 2. The first-order chi connectivity index (χ1) is 14.4. The van der Waals surface area contributed by atoms with Crippen LogP contribution in [0.3, 0.4) is 0 Å². The van der Waals surface area contributed by atoms with Gasteiger partial charge in [-0.05, 0) is 42.8 Å². The maximum atomic E-state index is 13.3. The molecule has 2 aromatic carbocycles. The summed E-state index contributed by atoms with van der Waals surface area (Å²) >= 11 is 6.00. The lowest BCUT2D eigenvalue weighted by atomic mass is 10.1. The minimum absolute atomic E-state index is 0.127. The molecule has 0 radical (unpaired) electrons. The number of hydrogen-bond donors (Lipinski definition) is 2. The number of aromatic nitrogens is 2. The number of nitrogens with one attached hydrogen (secondary N) is 2. The van der Waals surface area contributed by atoms with Crippen molar-refractivity contribution in [1.82, 2.24) is 9.78 Å². The van der Waals surface area contributed by atoms with Gasteiger partial charge in [-0.15, -0.1) is 0 Å². The highest BCUT2D eigenvalue weighted by Crippen LogP contribution is 2.38. The lowest BCUT2D eigenvalue weighted by molar-refractivity contribution is -0.123. The highest BCUT2D eigenvalue weighted by Gasteiger charge is 2.36. The zero-order valence-electron chi connectivity index (χ0n) is 16.2. The van der Waals surface area contributed by atoms with E-state index in [1.165, 1.54) is 23.9 Å². The molecule has 3 aromatic rings. The Morgan fingerprint density at radius 1 is 1.30 bits per heavy atom. The van der Waals surface area contributed by atoms with E-state index in [0.717, 1.165) is 5.56 Å². The minimum Gasteiger partial charge on any atom is -0.495 e. The number of aryl methyl sites for hydroxylation is 1. The number of amides is 2. The second-order valence-electron chi connectivity index (χ2n) is 6.86. The fourth-order valence-corrected chi connectivity index (χ4v) is 3.67. The molecule has 0 aliphatic carbocycles. The number of hydrogen-bond acceptors (Lipinski definition) is 4. The van der Waals surface area contributed by atoms with Gasteiger partial charge in [0.2, 0.25) is 5.91 Å². The molecule has 0 saturated carbocycles. The molecule has 4 rings (SSSR count). The number of fused-ring (bicyclic) bond motifs is 1. The van der Waals surface area contributed by atoms with Crippen LogP contribution < -0.4 is 15.4 Å². The Kier molecular flexibility index (Phi) is 5.17. The monoisotopic (exact) mass is 428 g/mol. The van der Waals surface area contributed by atoms with Crippen molar-refractivity contribution in [2.75, 3.05) is 17.7 Å². The predicted molar refractivity (Wildman–Crippen MR) is 111 cm³/mol. The van der Waals surface area contributed by atoms with Crippen LogP contribution in [0.1, 0.15) is 18.2 Å². The molecule has 1 atom stereocenters. The van der Waals surface area contributed by atoms with Crippen LogP contribution in [-0.2, 0) is 9.59 Å². The summed E-state index contributed by atoms with van der Waals surface area (Å²) in [6.07, 6.45) is -0.127. The summed E-state index contributed by atoms with van der Waals surface area (Å²) in [5.41, 5.74) is 2.50. The van der Waals surface area contributed by atoms with Crippen molar-refractivity contribution in [3.63, 3.8) is 0 Å². The van der Waals surface area contributed by atoms with Gasteiger partial charge in [-0.1, -0.05) is 23.7 Å². The number of benzene rings is 2. The molecule has 0 saturated heterocycles. The van der Waals surface area contributed by atoms with Crippen LogP contribution >= 0.6 is 11.6 Å². The average molecular weight is 429 g/mol. The highest BCUT2D eigenvalue weighted by molar-refractivity contribution is 6.31. The molecular weight excluding hydrogens is 411 g/mol. The standard InChI is InChI=1S/C21H18ClFN4O3/c1-11-19(12-3-6-14(23)7-4-12)20-25-21(29)16(27(20)26-11)10-18(28)24-15-9-13(22)5-8-17(15)30-2/h3-9,16H,10H2,1-2H3,(H,24,28)(H,25,29). The molecule has 9 heteroatoms. The normalized spacial score (nSPS) is 14.9. The van der Waals surface area contributed by atoms with Gasteiger partial charge in [0.1, 0.15) is 23.4 Å². The van der Waals surface area contributed by atoms with Crippen LogP contribution in [0.2, 0.25) is 5.02 Å². The third-order valence-corrected chi connectivity index (χ3v) is 5.11. The summed E-state index contributed by atoms with van der Waals surface area (Å²) in [6.45, 7) is 1.80. The molecule has 2 amide bonds. The number of carbonyl (C=O) groups excluding carboxylic acids is 2. The summed E-state index contributed by atoms with van der Waals surface area (Å²) in [6, 6.07) is 10.00. The number of ether oxygens (including phenoxy) is 1. The molecule has 1 aromatic heterocycles. The Morgan fingerprint density at radius 3 is 2.73 bits per heavy atom. The van der Waals surface area contributed by atoms with E-state index in [-0.39, 0.29) is 24.1 Å². The van der Waals surface area contributed by atoms with Gasteiger partial charge in [-0.3, -0.25) is 9.59 Å². The van der Waals surface area contributed by atoms with E-state index in [1.807, 2.05) is 0 Å². The second kappa shape index (κ2) is 7.79. The third-order valence-electron chi connectivity index (χ3n) is 4.87. The maximum absolute atomic E-state index is 13.3. The number of methoxy groups -OCH3 is 1. The number of carbonyl (C=O) groups is 2. The molecule has 0 fully saturated rings. The Labute approximate surface area is 176 Å². The summed E-state index contributed by atoms with van der Waals surface area (Å²) in [4.78, 5) is 25.2. The minimum atomic E-state index is -0.807. The van der Waals surface area contributed by atoms with Crippen LogP contribution in [0.5, 0.6) is 5.75 Å². The van der Waals surface area contributed by atoms with Gasteiger partial charge in [-0.25, -0.2) is 9.07 Å². The predicted octanol–water partition coefficient (Wildman–Crippen LogP) is 4.18. The molecular formula is C21H18ClFN4O3. The van der Waals surface area contributed by atoms with E-state index < -0.39 is 6.04 Å². The van der Waals surface area contributed by atoms with Crippen molar-refractivity contribution in [3.05, 3.63) is 59.0 Å². The molecule has 1 aliphatic heterocycles. The molecule has 2 N–H and O–H groups in total. The first-order valence-corrected chi connectivity index (χ1v) is 9.54. The molecule has 1 aliphatic rings. The van der Waals surface area contributed by atoms with Crippen LogP contribution in [-0.4, -0.2) is 28.7 Å². The van der Waals surface area contributed by atoms with Crippen molar-refractivity contribution in [3.8, 4) is 16.9 Å². The van der Waals surface area contributed by atoms with Gasteiger partial charge in [0.05, 0.1) is 24.9 Å². The van der Waals surface area contributed by atoms with E-state index in [4.69, 9.17) is 16.3 Å². The molecule has 30 heavy (non-hydrogen) atoms. The SMILES string of the molecule is COc1ccc(Cl)cc1NC(=O)CC1C(=O)Nc2c(-c3ccc(F)cc3)c(C)nn21. The largest absolute Gasteiger partial charge is 0.495 e. The molecule has 0 bridgehead atoms. The van der Waals surface area contributed by atoms with Crippen molar-refractivity contribution in [1.29, 1.82) is 0 Å². The molecule has 2 heterocycles. The van der Waals surface area contributed by atoms with E-state index in [9.17, 15) is 14.0 Å². The number of rotatable bonds is 5. The summed E-state index contributed by atoms with van der Waals surface area (Å²) < 4.78 is 20.0. The number of nitrogens with zero attached hydrogens (tertiary/aromatic N) is 2. The Balaban J connectivity index is 1.58. The van der Waals surface area contributed by atoms with Gasteiger partial charge < -0.3 is 15.4 Å². The molecule has 1 unspecified atom stereocenters. The Bertz CT molecular complexity index is 1140. The lowest BCUT2D eigenvalue weighted by Crippen LogP contribution is -2.24. The fraction of sp³-hybridized carbons (Fsp3) is 0.190. The van der Waals surface area contributed by atoms with E-state index in [1.54, 1.807) is 37.3 Å². The van der Waals surface area contributed by atoms with E-state index in [2.05, 4.69) is 15.7 Å². The smallest absolute Gasteiger partial charge is 0.251 e. The maximum Gasteiger partial charge on any atom is 0.251 e. The van der Waals surface area contributed by atoms with Crippen LogP contribution in [0.25, 0.3) is 11.1 Å². The molecule has 7 nitrogen and oxygen atoms in total. The van der Waals surface area contributed by atoms with Gasteiger partial charge >= 0.3 is 0 Å². The van der Waals surface area contributed by atoms with Crippen molar-refractivity contribution < 1.29 is 18.7 Å². The van der Waals surface area contributed by atoms with Crippen molar-refractivity contribution >= 4 is 34.9 Å². The molecule has 0 spiro atoms. The van der Waals surface area contributed by atoms with Gasteiger partial charge in [0.15, 0.2) is 0 Å². The van der Waals surface area contributed by atoms with Gasteiger partial charge in [0.25, 0.3) is 5.91 Å². The van der Waals surface area contributed by atoms with Gasteiger partial charge in [0, 0.05) is 10.6 Å². The van der Waals surface area contributed by atoms with Crippen LogP contribution in [0.15, 0.2) is 42.5 Å². The van der Waals surface area contributed by atoms with Crippen molar-refractivity contribution in [2.24, 2.45) is 0 Å². The summed E-state index contributed by atoms with van der Waals surface area (Å²) in [7, 11) is 1.49. The second-order valence-corrected chi connectivity index (χ2v) is 7.30. The van der Waals surface area contributed by atoms with E-state index in [0.29, 0.717) is 33.5 Å². The Morgan fingerprint density at radius 2 is 2.03 bits per heavy atom. The first-order valence-electron chi connectivity index (χ1n) is 9.16. The fourth-order valence-electron chi connectivity index (χ4n) is 3.50. The summed E-state index contributed by atoms with van der Waals surface area (Å²) in [5.74, 6) is -0.135. The topological polar surface area (TPSA) is 85.2 Å². The molecule has 154 valence electrons. The number of halogens is 2. The third kappa shape index (κ3) is 3.61. The average Bonchev–Trinajstić information content (AvgIpc) is 3.17. The Hall–Kier alpha value is -3.39. The van der Waals surface area contributed by atoms with E-state index >= 15 is 0 Å². The van der Waals surface area contributed by atoms with Crippen LogP contribution in [0, 0.1) is 12.7 Å². The van der Waals surface area contributed by atoms with Gasteiger partial charge in [-0.2, -0.15) is 5.10 Å². The van der Waals surface area contributed by atoms with Crippen LogP contribution in [0.4, 0.5) is 15.9 Å².